The molecule has 0 aliphatic rings. The van der Waals surface area contributed by atoms with Gasteiger partial charge in [0.15, 0.2) is 0 Å². The van der Waals surface area contributed by atoms with E-state index in [0.29, 0.717) is 11.1 Å². The van der Waals surface area contributed by atoms with Gasteiger partial charge in [-0.05, 0) is 44.5 Å². The van der Waals surface area contributed by atoms with Crippen molar-refractivity contribution in [2.24, 2.45) is 0 Å². The van der Waals surface area contributed by atoms with E-state index in [4.69, 9.17) is 0 Å². The van der Waals surface area contributed by atoms with Crippen molar-refractivity contribution < 1.29 is 19.4 Å². The second kappa shape index (κ2) is 6.22. The summed E-state index contributed by atoms with van der Waals surface area (Å²) in [6, 6.07) is 4.40. The van der Waals surface area contributed by atoms with Gasteiger partial charge in [0.25, 0.3) is 5.91 Å². The van der Waals surface area contributed by atoms with Crippen LogP contribution in [-0.2, 0) is 9.53 Å². The maximum atomic E-state index is 12.4. The summed E-state index contributed by atoms with van der Waals surface area (Å²) in [5.41, 5.74) is 1.14. The minimum atomic E-state index is -0.460. The van der Waals surface area contributed by atoms with E-state index in [1.807, 2.05) is 13.8 Å². The molecule has 1 rings (SSSR count). The second-order valence-electron chi connectivity index (χ2n) is 4.60. The van der Waals surface area contributed by atoms with Crippen LogP contribution in [0.2, 0.25) is 0 Å². The molecule has 0 saturated carbocycles. The highest BCUT2D eigenvalue weighted by Gasteiger charge is 2.23. The molecule has 0 spiro atoms. The van der Waals surface area contributed by atoms with Gasteiger partial charge in [0.05, 0.1) is 7.11 Å². The zero-order valence-corrected chi connectivity index (χ0v) is 11.6. The van der Waals surface area contributed by atoms with E-state index in [1.165, 1.54) is 24.1 Å². The lowest BCUT2D eigenvalue weighted by Gasteiger charge is -2.26. The SMILES string of the molecule is COC(=O)CN(C(=O)c1ccc(O)cc1C)C(C)C. The number of benzene rings is 1. The fourth-order valence-corrected chi connectivity index (χ4v) is 1.74. The minimum absolute atomic E-state index is 0.0900. The normalized spacial score (nSPS) is 10.4. The van der Waals surface area contributed by atoms with Crippen molar-refractivity contribution >= 4 is 11.9 Å². The largest absolute Gasteiger partial charge is 0.508 e. The van der Waals surface area contributed by atoms with Crippen molar-refractivity contribution in [3.05, 3.63) is 29.3 Å². The molecule has 0 bridgehead atoms. The second-order valence-corrected chi connectivity index (χ2v) is 4.60. The molecule has 0 fully saturated rings. The monoisotopic (exact) mass is 265 g/mol. The molecule has 1 N–H and O–H groups in total. The molecule has 0 saturated heterocycles. The summed E-state index contributed by atoms with van der Waals surface area (Å²) >= 11 is 0. The molecule has 104 valence electrons. The van der Waals surface area contributed by atoms with Crippen molar-refractivity contribution in [3.63, 3.8) is 0 Å². The van der Waals surface area contributed by atoms with Gasteiger partial charge in [-0.15, -0.1) is 0 Å². The predicted octanol–water partition coefficient (Wildman–Crippen LogP) is 1.72. The van der Waals surface area contributed by atoms with Gasteiger partial charge in [-0.3, -0.25) is 9.59 Å². The number of hydrogen-bond donors (Lipinski definition) is 1. The van der Waals surface area contributed by atoms with Crippen LogP contribution in [-0.4, -0.2) is 41.6 Å². The molecule has 0 unspecified atom stereocenters. The zero-order chi connectivity index (χ0) is 14.6. The molecular weight excluding hydrogens is 246 g/mol. The molecule has 0 aliphatic carbocycles. The topological polar surface area (TPSA) is 66.8 Å². The first kappa shape index (κ1) is 15.0. The summed E-state index contributed by atoms with van der Waals surface area (Å²) in [7, 11) is 1.29. The molecule has 0 aromatic heterocycles. The van der Waals surface area contributed by atoms with Crippen LogP contribution >= 0.6 is 0 Å². The predicted molar refractivity (Wildman–Crippen MR) is 71.0 cm³/mol. The van der Waals surface area contributed by atoms with E-state index in [9.17, 15) is 14.7 Å². The van der Waals surface area contributed by atoms with Crippen molar-refractivity contribution in [1.82, 2.24) is 4.90 Å². The standard InChI is InChI=1S/C14H19NO4/c1-9(2)15(8-13(17)19-4)14(18)12-6-5-11(16)7-10(12)3/h5-7,9,16H,8H2,1-4H3. The van der Waals surface area contributed by atoms with Crippen molar-refractivity contribution in [1.29, 1.82) is 0 Å². The first-order chi connectivity index (χ1) is 8.86. The molecule has 19 heavy (non-hydrogen) atoms. The van der Waals surface area contributed by atoms with E-state index in [0.717, 1.165) is 0 Å². The van der Waals surface area contributed by atoms with Crippen LogP contribution in [0.4, 0.5) is 0 Å². The summed E-state index contributed by atoms with van der Waals surface area (Å²) < 4.78 is 4.59. The number of aromatic hydroxyl groups is 1. The molecule has 1 aromatic carbocycles. The number of aryl methyl sites for hydroxylation is 1. The molecule has 0 aliphatic heterocycles. The highest BCUT2D eigenvalue weighted by Crippen LogP contribution is 2.18. The average molecular weight is 265 g/mol. The number of esters is 1. The van der Waals surface area contributed by atoms with Crippen molar-refractivity contribution in [2.45, 2.75) is 26.8 Å². The van der Waals surface area contributed by atoms with Crippen LogP contribution in [0.3, 0.4) is 0 Å². The molecule has 0 atom stereocenters. The van der Waals surface area contributed by atoms with Gasteiger partial charge in [0.1, 0.15) is 12.3 Å². The number of methoxy groups -OCH3 is 1. The van der Waals surface area contributed by atoms with Crippen LogP contribution in [0.15, 0.2) is 18.2 Å². The number of phenols is 1. The molecule has 5 heteroatoms. The average Bonchev–Trinajstić information content (AvgIpc) is 2.34. The Morgan fingerprint density at radius 3 is 2.47 bits per heavy atom. The van der Waals surface area contributed by atoms with Gasteiger partial charge >= 0.3 is 5.97 Å². The van der Waals surface area contributed by atoms with Crippen LogP contribution in [0.1, 0.15) is 29.8 Å². The van der Waals surface area contributed by atoms with Gasteiger partial charge in [0, 0.05) is 11.6 Å². The quantitative estimate of drug-likeness (QED) is 0.842. The third-order valence-corrected chi connectivity index (χ3v) is 2.85. The summed E-state index contributed by atoms with van der Waals surface area (Å²) in [5.74, 6) is -0.602. The Labute approximate surface area is 112 Å². The van der Waals surface area contributed by atoms with Gasteiger partial charge in [-0.2, -0.15) is 0 Å². The van der Waals surface area contributed by atoms with Gasteiger partial charge < -0.3 is 14.7 Å². The summed E-state index contributed by atoms with van der Waals surface area (Å²) in [5, 5.41) is 9.35. The van der Waals surface area contributed by atoms with Gasteiger partial charge in [0.2, 0.25) is 0 Å². The summed E-state index contributed by atoms with van der Waals surface area (Å²) in [6.07, 6.45) is 0. The number of phenolic OH excluding ortho intramolecular Hbond substituents is 1. The third kappa shape index (κ3) is 3.71. The Bertz CT molecular complexity index is 482. The van der Waals surface area contributed by atoms with Gasteiger partial charge in [-0.25, -0.2) is 0 Å². The number of carbonyl (C=O) groups excluding carboxylic acids is 2. The number of hydrogen-bond acceptors (Lipinski definition) is 4. The molecular formula is C14H19NO4. The molecule has 5 nitrogen and oxygen atoms in total. The van der Waals surface area contributed by atoms with Crippen molar-refractivity contribution in [3.8, 4) is 5.75 Å². The molecule has 0 heterocycles. The minimum Gasteiger partial charge on any atom is -0.508 e. The maximum absolute atomic E-state index is 12.4. The Hall–Kier alpha value is -2.04. The summed E-state index contributed by atoms with van der Waals surface area (Å²) in [4.78, 5) is 25.2. The Kier molecular flexibility index (Phi) is 4.92. The number of carbonyl (C=O) groups is 2. The van der Waals surface area contributed by atoms with E-state index in [-0.39, 0.29) is 24.2 Å². The molecule has 1 amide bonds. The first-order valence-corrected chi connectivity index (χ1v) is 6.04. The van der Waals surface area contributed by atoms with E-state index in [1.54, 1.807) is 13.0 Å². The fourth-order valence-electron chi connectivity index (χ4n) is 1.74. The van der Waals surface area contributed by atoms with Crippen LogP contribution in [0.5, 0.6) is 5.75 Å². The molecule has 0 radical (unpaired) electrons. The first-order valence-electron chi connectivity index (χ1n) is 6.04. The van der Waals surface area contributed by atoms with E-state index >= 15 is 0 Å². The molecule has 1 aromatic rings. The maximum Gasteiger partial charge on any atom is 0.325 e. The number of ether oxygens (including phenoxy) is 1. The Balaban J connectivity index is 3.02. The van der Waals surface area contributed by atoms with Crippen LogP contribution < -0.4 is 0 Å². The number of rotatable bonds is 4. The lowest BCUT2D eigenvalue weighted by molar-refractivity contribution is -0.141. The highest BCUT2D eigenvalue weighted by atomic mass is 16.5. The number of nitrogens with zero attached hydrogens (tertiary/aromatic N) is 1. The van der Waals surface area contributed by atoms with Crippen LogP contribution in [0, 0.1) is 6.92 Å². The Morgan fingerprint density at radius 2 is 2.00 bits per heavy atom. The zero-order valence-electron chi connectivity index (χ0n) is 11.6. The van der Waals surface area contributed by atoms with E-state index < -0.39 is 5.97 Å². The van der Waals surface area contributed by atoms with E-state index in [2.05, 4.69) is 4.74 Å². The smallest absolute Gasteiger partial charge is 0.325 e. The van der Waals surface area contributed by atoms with Crippen molar-refractivity contribution in [2.75, 3.05) is 13.7 Å². The third-order valence-electron chi connectivity index (χ3n) is 2.85. The summed E-state index contributed by atoms with van der Waals surface area (Å²) in [6.45, 7) is 5.31. The number of amides is 1. The lowest BCUT2D eigenvalue weighted by atomic mass is 10.1. The van der Waals surface area contributed by atoms with Gasteiger partial charge in [-0.1, -0.05) is 0 Å². The van der Waals surface area contributed by atoms with Crippen LogP contribution in [0.25, 0.3) is 0 Å². The Morgan fingerprint density at radius 1 is 1.37 bits per heavy atom. The highest BCUT2D eigenvalue weighted by molar-refractivity contribution is 5.97. The lowest BCUT2D eigenvalue weighted by Crippen LogP contribution is -2.41. The fraction of sp³-hybridized carbons (Fsp3) is 0.429.